The smallest absolute Gasteiger partial charge is 0.236 e. The van der Waals surface area contributed by atoms with Crippen LogP contribution in [0, 0.1) is 5.82 Å². The number of carbonyl (C=O) groups excluding carboxylic acids is 1. The molecule has 1 amide bonds. The topological polar surface area (TPSA) is 52.6 Å². The lowest BCUT2D eigenvalue weighted by Gasteiger charge is -2.26. The van der Waals surface area contributed by atoms with Gasteiger partial charge in [-0.1, -0.05) is 0 Å². The summed E-state index contributed by atoms with van der Waals surface area (Å²) in [5, 5.41) is 12.5. The normalized spacial score (nSPS) is 15.5. The number of benzene rings is 1. The number of nitrogens with zero attached hydrogens (tertiary/aromatic N) is 1. The molecular formula is C14H19FN2O2. The van der Waals surface area contributed by atoms with Crippen LogP contribution in [0.2, 0.25) is 0 Å². The third-order valence-electron chi connectivity index (χ3n) is 3.34. The Labute approximate surface area is 112 Å². The van der Waals surface area contributed by atoms with Gasteiger partial charge in [-0.2, -0.15) is 0 Å². The minimum absolute atomic E-state index is 0.0410. The van der Waals surface area contributed by atoms with Gasteiger partial charge < -0.3 is 15.3 Å². The molecule has 1 aliphatic rings. The number of rotatable bonds is 4. The molecule has 2 rings (SSSR count). The molecule has 1 aromatic rings. The summed E-state index contributed by atoms with van der Waals surface area (Å²) in [6, 6.07) is 3.80. The van der Waals surface area contributed by atoms with Gasteiger partial charge in [0.25, 0.3) is 0 Å². The van der Waals surface area contributed by atoms with E-state index in [1.165, 1.54) is 24.6 Å². The average Bonchev–Trinajstić information content (AvgIpc) is 2.43. The molecule has 5 heteroatoms. The first-order valence-electron chi connectivity index (χ1n) is 6.63. The lowest BCUT2D eigenvalue weighted by atomic mass is 10.1. The second kappa shape index (κ2) is 6.52. The van der Waals surface area contributed by atoms with E-state index < -0.39 is 5.82 Å². The first-order valence-corrected chi connectivity index (χ1v) is 6.63. The summed E-state index contributed by atoms with van der Waals surface area (Å²) in [6.45, 7) is 2.15. The second-order valence-corrected chi connectivity index (χ2v) is 4.82. The van der Waals surface area contributed by atoms with Crippen LogP contribution >= 0.6 is 0 Å². The molecule has 2 N–H and O–H groups in total. The maximum Gasteiger partial charge on any atom is 0.236 e. The minimum Gasteiger partial charge on any atom is -0.508 e. The van der Waals surface area contributed by atoms with Crippen molar-refractivity contribution in [2.24, 2.45) is 0 Å². The Hall–Kier alpha value is -1.62. The van der Waals surface area contributed by atoms with Gasteiger partial charge in [-0.15, -0.1) is 0 Å². The molecule has 0 aliphatic carbocycles. The fourth-order valence-electron chi connectivity index (χ4n) is 2.25. The zero-order valence-electron chi connectivity index (χ0n) is 10.9. The highest BCUT2D eigenvalue weighted by Crippen LogP contribution is 2.17. The quantitative estimate of drug-likeness (QED) is 0.871. The first kappa shape index (κ1) is 13.8. The van der Waals surface area contributed by atoms with Crippen molar-refractivity contribution in [3.63, 3.8) is 0 Å². The van der Waals surface area contributed by atoms with Gasteiger partial charge in [-0.3, -0.25) is 4.79 Å². The average molecular weight is 266 g/mol. The molecule has 0 spiro atoms. The highest BCUT2D eigenvalue weighted by Gasteiger charge is 2.15. The number of hydrogen-bond acceptors (Lipinski definition) is 3. The number of piperidine rings is 1. The van der Waals surface area contributed by atoms with Gasteiger partial charge in [-0.25, -0.2) is 4.39 Å². The van der Waals surface area contributed by atoms with Crippen LogP contribution in [-0.4, -0.2) is 35.5 Å². The Morgan fingerprint density at radius 2 is 2.05 bits per heavy atom. The van der Waals surface area contributed by atoms with Gasteiger partial charge in [0.15, 0.2) is 0 Å². The molecule has 1 heterocycles. The third-order valence-corrected chi connectivity index (χ3v) is 3.34. The molecule has 104 valence electrons. The summed E-state index contributed by atoms with van der Waals surface area (Å²) in [7, 11) is 0. The van der Waals surface area contributed by atoms with Crippen molar-refractivity contribution in [1.82, 2.24) is 10.2 Å². The molecule has 0 aromatic heterocycles. The van der Waals surface area contributed by atoms with Gasteiger partial charge in [0.05, 0.1) is 6.54 Å². The highest BCUT2D eigenvalue weighted by atomic mass is 19.1. The summed E-state index contributed by atoms with van der Waals surface area (Å²) in [6.07, 6.45) is 3.32. The van der Waals surface area contributed by atoms with Crippen molar-refractivity contribution >= 4 is 5.91 Å². The van der Waals surface area contributed by atoms with Gasteiger partial charge >= 0.3 is 0 Å². The van der Waals surface area contributed by atoms with E-state index in [0.717, 1.165) is 25.9 Å². The predicted molar refractivity (Wildman–Crippen MR) is 70.2 cm³/mol. The van der Waals surface area contributed by atoms with Crippen LogP contribution in [0.3, 0.4) is 0 Å². The minimum atomic E-state index is -0.392. The fraction of sp³-hybridized carbons (Fsp3) is 0.500. The van der Waals surface area contributed by atoms with Crippen LogP contribution in [0.4, 0.5) is 4.39 Å². The van der Waals surface area contributed by atoms with Crippen LogP contribution in [-0.2, 0) is 11.3 Å². The van der Waals surface area contributed by atoms with E-state index in [1.807, 2.05) is 4.90 Å². The Morgan fingerprint density at radius 1 is 1.32 bits per heavy atom. The Morgan fingerprint density at radius 3 is 2.79 bits per heavy atom. The maximum atomic E-state index is 13.0. The maximum absolute atomic E-state index is 13.0. The van der Waals surface area contributed by atoms with Crippen LogP contribution < -0.4 is 5.32 Å². The number of amides is 1. The molecule has 0 unspecified atom stereocenters. The lowest BCUT2D eigenvalue weighted by molar-refractivity contribution is -0.131. The summed E-state index contributed by atoms with van der Waals surface area (Å²) in [4.78, 5) is 13.7. The molecular weight excluding hydrogens is 247 g/mol. The Bertz CT molecular complexity index is 445. The van der Waals surface area contributed by atoms with E-state index in [9.17, 15) is 14.3 Å². The van der Waals surface area contributed by atoms with Crippen molar-refractivity contribution in [2.75, 3.05) is 19.6 Å². The molecule has 1 aromatic carbocycles. The van der Waals surface area contributed by atoms with Gasteiger partial charge in [0.2, 0.25) is 5.91 Å². The summed E-state index contributed by atoms with van der Waals surface area (Å²) < 4.78 is 13.0. The number of phenols is 1. The monoisotopic (exact) mass is 266 g/mol. The van der Waals surface area contributed by atoms with Crippen molar-refractivity contribution in [2.45, 2.75) is 25.8 Å². The lowest BCUT2D eigenvalue weighted by Crippen LogP contribution is -2.40. The van der Waals surface area contributed by atoms with Gasteiger partial charge in [-0.05, 0) is 37.5 Å². The Kier molecular flexibility index (Phi) is 4.74. The molecule has 19 heavy (non-hydrogen) atoms. The van der Waals surface area contributed by atoms with Crippen LogP contribution in [0.1, 0.15) is 24.8 Å². The molecule has 1 fully saturated rings. The highest BCUT2D eigenvalue weighted by molar-refractivity contribution is 5.78. The number of phenolic OH excluding ortho intramolecular Hbond substituents is 1. The van der Waals surface area contributed by atoms with Crippen molar-refractivity contribution in [3.05, 3.63) is 29.6 Å². The van der Waals surface area contributed by atoms with E-state index >= 15 is 0 Å². The van der Waals surface area contributed by atoms with Gasteiger partial charge in [0.1, 0.15) is 11.6 Å². The van der Waals surface area contributed by atoms with E-state index in [2.05, 4.69) is 5.32 Å². The summed E-state index contributed by atoms with van der Waals surface area (Å²) in [5.74, 6) is -0.285. The van der Waals surface area contributed by atoms with Crippen LogP contribution in [0.25, 0.3) is 0 Å². The van der Waals surface area contributed by atoms with Crippen molar-refractivity contribution < 1.29 is 14.3 Å². The van der Waals surface area contributed by atoms with E-state index in [4.69, 9.17) is 0 Å². The third kappa shape index (κ3) is 3.92. The molecule has 4 nitrogen and oxygen atoms in total. The number of hydrogen-bond donors (Lipinski definition) is 2. The second-order valence-electron chi connectivity index (χ2n) is 4.82. The molecule has 0 saturated carbocycles. The molecule has 0 bridgehead atoms. The molecule has 1 saturated heterocycles. The molecule has 0 atom stereocenters. The summed E-state index contributed by atoms with van der Waals surface area (Å²) >= 11 is 0. The van der Waals surface area contributed by atoms with E-state index in [-0.39, 0.29) is 24.7 Å². The Balaban J connectivity index is 1.79. The standard InChI is InChI=1S/C14H19FN2O2/c15-12-4-5-13(18)11(8-12)9-16-10-14(19)17-6-2-1-3-7-17/h4-5,8,16,18H,1-3,6-7,9-10H2. The SMILES string of the molecule is O=C(CNCc1cc(F)ccc1O)N1CCCCC1. The predicted octanol–water partition coefficient (Wildman–Crippen LogP) is 1.63. The van der Waals surface area contributed by atoms with Crippen LogP contribution in [0.15, 0.2) is 18.2 Å². The van der Waals surface area contributed by atoms with Crippen molar-refractivity contribution in [3.8, 4) is 5.75 Å². The summed E-state index contributed by atoms with van der Waals surface area (Å²) in [5.41, 5.74) is 0.464. The number of likely N-dealkylation sites (tertiary alicyclic amines) is 1. The number of carbonyl (C=O) groups is 1. The number of aromatic hydroxyl groups is 1. The zero-order valence-corrected chi connectivity index (χ0v) is 10.9. The fourth-order valence-corrected chi connectivity index (χ4v) is 2.25. The van der Waals surface area contributed by atoms with E-state index in [0.29, 0.717) is 5.56 Å². The number of nitrogens with one attached hydrogen (secondary N) is 1. The number of halogens is 1. The van der Waals surface area contributed by atoms with Crippen LogP contribution in [0.5, 0.6) is 5.75 Å². The largest absolute Gasteiger partial charge is 0.508 e. The van der Waals surface area contributed by atoms with Gasteiger partial charge in [0, 0.05) is 25.2 Å². The van der Waals surface area contributed by atoms with E-state index in [1.54, 1.807) is 0 Å². The zero-order chi connectivity index (χ0) is 13.7. The molecule has 1 aliphatic heterocycles. The molecule has 0 radical (unpaired) electrons. The van der Waals surface area contributed by atoms with Crippen molar-refractivity contribution in [1.29, 1.82) is 0 Å². The first-order chi connectivity index (χ1) is 9.16.